The van der Waals surface area contributed by atoms with Crippen LogP contribution in [-0.4, -0.2) is 62.0 Å². The Kier molecular flexibility index (Phi) is 4.98. The molecule has 1 aliphatic rings. The van der Waals surface area contributed by atoms with Gasteiger partial charge in [0, 0.05) is 38.1 Å². The minimum atomic E-state index is -0.0944. The Balaban J connectivity index is 1.40. The molecule has 27 heavy (non-hydrogen) atoms. The lowest BCUT2D eigenvalue weighted by molar-refractivity contribution is -0.130. The van der Waals surface area contributed by atoms with Gasteiger partial charge in [-0.05, 0) is 19.1 Å². The fraction of sp³-hybridized carbons (Fsp3) is 0.368. The zero-order chi connectivity index (χ0) is 18.8. The summed E-state index contributed by atoms with van der Waals surface area (Å²) in [7, 11) is 1.88. The van der Waals surface area contributed by atoms with Crippen molar-refractivity contribution in [3.8, 4) is 0 Å². The van der Waals surface area contributed by atoms with Crippen molar-refractivity contribution in [2.75, 3.05) is 31.1 Å². The number of hydrogen-bond donors (Lipinski definition) is 0. The van der Waals surface area contributed by atoms with Gasteiger partial charge in [0.15, 0.2) is 5.65 Å². The first-order chi connectivity index (χ1) is 13.1. The lowest BCUT2D eigenvalue weighted by atomic mass is 10.2. The van der Waals surface area contributed by atoms with Gasteiger partial charge in [-0.1, -0.05) is 18.2 Å². The Morgan fingerprint density at radius 3 is 2.59 bits per heavy atom. The molecule has 1 atom stereocenters. The highest BCUT2D eigenvalue weighted by atomic mass is 32.2. The van der Waals surface area contributed by atoms with E-state index >= 15 is 0 Å². The summed E-state index contributed by atoms with van der Waals surface area (Å²) in [5, 5.41) is 5.13. The van der Waals surface area contributed by atoms with E-state index in [-0.39, 0.29) is 11.2 Å². The third-order valence-corrected chi connectivity index (χ3v) is 5.90. The number of amides is 1. The highest BCUT2D eigenvalue weighted by molar-refractivity contribution is 8.00. The van der Waals surface area contributed by atoms with Crippen LogP contribution in [0.25, 0.3) is 11.0 Å². The molecule has 3 aromatic rings. The number of carbonyl (C=O) groups is 1. The topological polar surface area (TPSA) is 67.2 Å². The van der Waals surface area contributed by atoms with Crippen LogP contribution >= 0.6 is 11.8 Å². The van der Waals surface area contributed by atoms with Crippen LogP contribution in [0.3, 0.4) is 0 Å². The molecule has 1 fully saturated rings. The van der Waals surface area contributed by atoms with Crippen molar-refractivity contribution >= 4 is 34.5 Å². The SMILES string of the molecule is CC(Sc1ccccc1)C(=O)N1CCN(c2ncnc3c2cnn3C)CC1. The van der Waals surface area contributed by atoms with Crippen LogP contribution in [0.5, 0.6) is 0 Å². The fourth-order valence-electron chi connectivity index (χ4n) is 3.35. The van der Waals surface area contributed by atoms with Gasteiger partial charge in [0.2, 0.25) is 5.91 Å². The molecule has 2 aromatic heterocycles. The summed E-state index contributed by atoms with van der Waals surface area (Å²) in [5.74, 6) is 1.09. The average Bonchev–Trinajstić information content (AvgIpc) is 3.09. The van der Waals surface area contributed by atoms with E-state index in [2.05, 4.69) is 20.0 Å². The normalized spacial score (nSPS) is 15.9. The van der Waals surface area contributed by atoms with Crippen LogP contribution in [-0.2, 0) is 11.8 Å². The molecule has 8 heteroatoms. The quantitative estimate of drug-likeness (QED) is 0.645. The Morgan fingerprint density at radius 2 is 1.85 bits per heavy atom. The number of carbonyl (C=O) groups excluding carboxylic acids is 1. The van der Waals surface area contributed by atoms with E-state index in [9.17, 15) is 4.79 Å². The predicted molar refractivity (Wildman–Crippen MR) is 107 cm³/mol. The van der Waals surface area contributed by atoms with Crippen molar-refractivity contribution in [3.05, 3.63) is 42.9 Å². The first-order valence-electron chi connectivity index (χ1n) is 9.01. The van der Waals surface area contributed by atoms with Crippen LogP contribution < -0.4 is 4.90 Å². The number of anilines is 1. The van der Waals surface area contributed by atoms with Crippen molar-refractivity contribution in [2.45, 2.75) is 17.1 Å². The molecule has 0 bridgehead atoms. The van der Waals surface area contributed by atoms with Crippen molar-refractivity contribution in [1.82, 2.24) is 24.6 Å². The molecule has 0 saturated carbocycles. The Bertz CT molecular complexity index is 936. The predicted octanol–water partition coefficient (Wildman–Crippen LogP) is 2.19. The largest absolute Gasteiger partial charge is 0.352 e. The Hall–Kier alpha value is -2.61. The standard InChI is InChI=1S/C19H22N6OS/c1-14(27-15-6-4-3-5-7-15)19(26)25-10-8-24(9-11-25)18-16-12-22-23(2)17(16)20-13-21-18/h3-7,12-14H,8-11H2,1-2H3. The molecule has 1 unspecified atom stereocenters. The van der Waals surface area contributed by atoms with E-state index in [1.54, 1.807) is 29.0 Å². The van der Waals surface area contributed by atoms with Gasteiger partial charge >= 0.3 is 0 Å². The summed E-state index contributed by atoms with van der Waals surface area (Å²) in [6.45, 7) is 4.90. The lowest BCUT2D eigenvalue weighted by Gasteiger charge is -2.36. The summed E-state index contributed by atoms with van der Waals surface area (Å²) in [6, 6.07) is 10.1. The lowest BCUT2D eigenvalue weighted by Crippen LogP contribution is -2.51. The number of hydrogen-bond acceptors (Lipinski definition) is 6. The van der Waals surface area contributed by atoms with Gasteiger partial charge in [0.05, 0.1) is 16.8 Å². The number of aromatic nitrogens is 4. The van der Waals surface area contributed by atoms with Crippen molar-refractivity contribution in [1.29, 1.82) is 0 Å². The van der Waals surface area contributed by atoms with Gasteiger partial charge < -0.3 is 9.80 Å². The molecule has 1 saturated heterocycles. The maximum atomic E-state index is 12.8. The second kappa shape index (κ2) is 7.56. The molecule has 0 N–H and O–H groups in total. The minimum absolute atomic E-state index is 0.0944. The number of rotatable bonds is 4. The van der Waals surface area contributed by atoms with Gasteiger partial charge in [-0.3, -0.25) is 9.48 Å². The zero-order valence-electron chi connectivity index (χ0n) is 15.4. The van der Waals surface area contributed by atoms with Crippen LogP contribution in [0, 0.1) is 0 Å². The number of thioether (sulfide) groups is 1. The number of fused-ring (bicyclic) bond motifs is 1. The third-order valence-electron chi connectivity index (χ3n) is 4.80. The molecule has 0 radical (unpaired) electrons. The summed E-state index contributed by atoms with van der Waals surface area (Å²) < 4.78 is 1.75. The molecule has 1 amide bonds. The van der Waals surface area contributed by atoms with E-state index in [1.807, 2.05) is 49.2 Å². The summed E-state index contributed by atoms with van der Waals surface area (Å²) in [6.07, 6.45) is 3.39. The summed E-state index contributed by atoms with van der Waals surface area (Å²) in [5.41, 5.74) is 0.825. The molecule has 1 aromatic carbocycles. The van der Waals surface area contributed by atoms with Gasteiger partial charge in [0.1, 0.15) is 12.1 Å². The molecule has 0 aliphatic carbocycles. The van der Waals surface area contributed by atoms with Crippen LogP contribution in [0.1, 0.15) is 6.92 Å². The highest BCUT2D eigenvalue weighted by Gasteiger charge is 2.27. The maximum Gasteiger partial charge on any atom is 0.235 e. The molecule has 0 spiro atoms. The minimum Gasteiger partial charge on any atom is -0.352 e. The third kappa shape index (κ3) is 3.62. The van der Waals surface area contributed by atoms with E-state index in [1.165, 1.54) is 0 Å². The summed E-state index contributed by atoms with van der Waals surface area (Å²) >= 11 is 1.61. The van der Waals surface area contributed by atoms with Gasteiger partial charge in [-0.2, -0.15) is 5.10 Å². The van der Waals surface area contributed by atoms with Crippen molar-refractivity contribution in [2.24, 2.45) is 7.05 Å². The van der Waals surface area contributed by atoms with E-state index in [4.69, 9.17) is 0 Å². The second-order valence-electron chi connectivity index (χ2n) is 6.59. The molecule has 1 aliphatic heterocycles. The molecule has 3 heterocycles. The molecular weight excluding hydrogens is 360 g/mol. The average molecular weight is 382 g/mol. The number of aryl methyl sites for hydroxylation is 1. The van der Waals surface area contributed by atoms with Gasteiger partial charge in [-0.15, -0.1) is 11.8 Å². The van der Waals surface area contributed by atoms with Gasteiger partial charge in [-0.25, -0.2) is 9.97 Å². The maximum absolute atomic E-state index is 12.8. The Morgan fingerprint density at radius 1 is 1.11 bits per heavy atom. The van der Waals surface area contributed by atoms with Crippen molar-refractivity contribution in [3.63, 3.8) is 0 Å². The number of nitrogens with zero attached hydrogens (tertiary/aromatic N) is 6. The number of piperazine rings is 1. The summed E-state index contributed by atoms with van der Waals surface area (Å²) in [4.78, 5) is 26.9. The smallest absolute Gasteiger partial charge is 0.235 e. The number of benzene rings is 1. The molecule has 140 valence electrons. The monoisotopic (exact) mass is 382 g/mol. The molecule has 4 rings (SSSR count). The first-order valence-corrected chi connectivity index (χ1v) is 9.89. The van der Waals surface area contributed by atoms with Crippen molar-refractivity contribution < 1.29 is 4.79 Å². The van der Waals surface area contributed by atoms with Crippen LogP contribution in [0.4, 0.5) is 5.82 Å². The van der Waals surface area contributed by atoms with Gasteiger partial charge in [0.25, 0.3) is 0 Å². The van der Waals surface area contributed by atoms with E-state index in [0.29, 0.717) is 13.1 Å². The Labute approximate surface area is 162 Å². The first kappa shape index (κ1) is 17.8. The van der Waals surface area contributed by atoms with Crippen LogP contribution in [0.15, 0.2) is 47.8 Å². The van der Waals surface area contributed by atoms with E-state index in [0.717, 1.165) is 34.8 Å². The second-order valence-corrected chi connectivity index (χ2v) is 8.00. The molecular formula is C19H22N6OS. The molecule has 7 nitrogen and oxygen atoms in total. The fourth-order valence-corrected chi connectivity index (χ4v) is 4.32. The van der Waals surface area contributed by atoms with Crippen LogP contribution in [0.2, 0.25) is 0 Å². The zero-order valence-corrected chi connectivity index (χ0v) is 16.3. The van der Waals surface area contributed by atoms with E-state index < -0.39 is 0 Å². The highest BCUT2D eigenvalue weighted by Crippen LogP contribution is 2.26.